The fourth-order valence-corrected chi connectivity index (χ4v) is 12.3. The number of rotatable bonds is 5. The summed E-state index contributed by atoms with van der Waals surface area (Å²) in [6.45, 7) is 12.0. The van der Waals surface area contributed by atoms with Gasteiger partial charge in [-0.25, -0.2) is 4.68 Å². The molecule has 12 heteroatoms. The number of aliphatic hydroxyl groups is 4. The van der Waals surface area contributed by atoms with Crippen LogP contribution in [0.3, 0.4) is 0 Å². The second kappa shape index (κ2) is 13.3. The van der Waals surface area contributed by atoms with E-state index in [1.54, 1.807) is 10.3 Å². The van der Waals surface area contributed by atoms with Crippen LogP contribution in [0.2, 0.25) is 0 Å². The molecule has 15 atom stereocenters. The molecular formula is C39H59N5O7. The van der Waals surface area contributed by atoms with Crippen LogP contribution in [0.5, 0.6) is 0 Å². The highest BCUT2D eigenvalue weighted by atomic mass is 16.5. The van der Waals surface area contributed by atoms with Crippen LogP contribution >= 0.6 is 0 Å². The maximum atomic E-state index is 12.1. The summed E-state index contributed by atoms with van der Waals surface area (Å²) < 4.78 is 15.0. The minimum atomic E-state index is -1.30. The predicted octanol–water partition coefficient (Wildman–Crippen LogP) is 3.01. The molecule has 1 amide bonds. The lowest BCUT2D eigenvalue weighted by atomic mass is 9.56. The summed E-state index contributed by atoms with van der Waals surface area (Å²) in [5.41, 5.74) is 5.36. The Hall–Kier alpha value is -2.19. The molecule has 0 bridgehead atoms. The molecule has 0 radical (unpaired) electrons. The number of carbonyl (C=O) groups is 1. The van der Waals surface area contributed by atoms with Gasteiger partial charge in [0.1, 0.15) is 12.2 Å². The number of hydrogen-bond donors (Lipinski definition) is 5. The molecule has 1 aromatic heterocycles. The van der Waals surface area contributed by atoms with Crippen molar-refractivity contribution in [1.82, 2.24) is 25.2 Å². The third kappa shape index (κ3) is 5.86. The molecule has 12 nitrogen and oxygen atoms in total. The second-order valence-electron chi connectivity index (χ2n) is 17.7. The van der Waals surface area contributed by atoms with Crippen LogP contribution in [0.25, 0.3) is 0 Å². The fraction of sp³-hybridized carbons (Fsp3) is 0.821. The standard InChI is InChI=1S/C39H59N5O7/c1-20-12-33-35(43(16-20)17-25-18-44(42-41-25)37-31(40-23(4)46)15-32(48)36(49)34(19-45)50-37)22(3)39(51-33)11-9-27-28-7-6-24-13-26(47)8-10-38(24,5)30(28)14-29(27)21(39)2/h6,18,20,22,26-28,30-37,45,47-49H,7-17,19H2,1-5H3,(H,40,46). The molecule has 4 aliphatic carbocycles. The largest absolute Gasteiger partial charge is 0.394 e. The highest BCUT2D eigenvalue weighted by Crippen LogP contribution is 2.65. The fourth-order valence-electron chi connectivity index (χ4n) is 12.3. The maximum Gasteiger partial charge on any atom is 0.217 e. The summed E-state index contributed by atoms with van der Waals surface area (Å²) in [6, 6.07) is -0.445. The summed E-state index contributed by atoms with van der Waals surface area (Å²) in [6.07, 6.45) is 8.34. The minimum absolute atomic E-state index is 0.0404. The number of carbonyl (C=O) groups excluding carboxylic acids is 1. The molecule has 2 saturated carbocycles. The molecular weight excluding hydrogens is 650 g/mol. The van der Waals surface area contributed by atoms with Crippen molar-refractivity contribution in [3.63, 3.8) is 0 Å². The highest BCUT2D eigenvalue weighted by molar-refractivity contribution is 5.73. The van der Waals surface area contributed by atoms with Crippen LogP contribution in [0.1, 0.15) is 104 Å². The lowest BCUT2D eigenvalue weighted by Crippen LogP contribution is -2.51. The number of aromatic nitrogens is 3. The van der Waals surface area contributed by atoms with Gasteiger partial charge in [0.25, 0.3) is 0 Å². The molecule has 282 valence electrons. The van der Waals surface area contributed by atoms with E-state index in [4.69, 9.17) is 9.47 Å². The molecule has 4 heterocycles. The van der Waals surface area contributed by atoms with Crippen molar-refractivity contribution in [2.45, 2.75) is 153 Å². The van der Waals surface area contributed by atoms with Gasteiger partial charge < -0.3 is 35.2 Å². The van der Waals surface area contributed by atoms with E-state index < -0.39 is 37.2 Å². The Morgan fingerprint density at radius 1 is 1.14 bits per heavy atom. The van der Waals surface area contributed by atoms with Crippen molar-refractivity contribution in [1.29, 1.82) is 0 Å². The molecule has 3 saturated heterocycles. The number of nitrogens with one attached hydrogen (secondary N) is 1. The van der Waals surface area contributed by atoms with E-state index in [-0.39, 0.29) is 41.6 Å². The number of hydrogen-bond acceptors (Lipinski definition) is 10. The van der Waals surface area contributed by atoms with E-state index >= 15 is 0 Å². The third-order valence-corrected chi connectivity index (χ3v) is 14.8. The van der Waals surface area contributed by atoms with E-state index in [1.165, 1.54) is 24.5 Å². The Bertz CT molecular complexity index is 1560. The normalized spacial score (nSPS) is 46.9. The summed E-state index contributed by atoms with van der Waals surface area (Å²) in [5.74, 6) is 2.43. The number of ether oxygens (including phenoxy) is 2. The van der Waals surface area contributed by atoms with Crippen molar-refractivity contribution in [3.8, 4) is 0 Å². The molecule has 5 fully saturated rings. The summed E-state index contributed by atoms with van der Waals surface area (Å²) >= 11 is 0. The van der Waals surface area contributed by atoms with Crippen molar-refractivity contribution < 1.29 is 34.7 Å². The van der Waals surface area contributed by atoms with E-state index in [2.05, 4.69) is 54.3 Å². The predicted molar refractivity (Wildman–Crippen MR) is 188 cm³/mol. The number of fused-ring (bicyclic) bond motifs is 6. The zero-order valence-corrected chi connectivity index (χ0v) is 30.9. The van der Waals surface area contributed by atoms with Crippen molar-refractivity contribution in [2.24, 2.45) is 35.0 Å². The Morgan fingerprint density at radius 2 is 1.94 bits per heavy atom. The van der Waals surface area contributed by atoms with E-state index in [0.29, 0.717) is 36.1 Å². The quantitative estimate of drug-likeness (QED) is 0.288. The van der Waals surface area contributed by atoms with Gasteiger partial charge in [-0.15, -0.1) is 5.10 Å². The number of aliphatic hydroxyl groups excluding tert-OH is 4. The maximum absolute atomic E-state index is 12.1. The minimum Gasteiger partial charge on any atom is -0.394 e. The first kappa shape index (κ1) is 35.8. The first-order valence-electron chi connectivity index (χ1n) is 19.6. The molecule has 8 rings (SSSR count). The Labute approximate surface area is 301 Å². The molecule has 5 N–H and O–H groups in total. The highest BCUT2D eigenvalue weighted by Gasteiger charge is 2.61. The second-order valence-corrected chi connectivity index (χ2v) is 17.7. The first-order valence-corrected chi connectivity index (χ1v) is 19.6. The molecule has 1 spiro atoms. The molecule has 7 aliphatic rings. The lowest BCUT2D eigenvalue weighted by Gasteiger charge is -2.49. The van der Waals surface area contributed by atoms with E-state index in [9.17, 15) is 25.2 Å². The number of allylic oxidation sites excluding steroid dienone is 2. The van der Waals surface area contributed by atoms with Gasteiger partial charge >= 0.3 is 0 Å². The smallest absolute Gasteiger partial charge is 0.217 e. The number of nitrogens with zero attached hydrogens (tertiary/aromatic N) is 4. The average Bonchev–Trinajstić information content (AvgIpc) is 3.76. The van der Waals surface area contributed by atoms with Gasteiger partial charge in [-0.1, -0.05) is 43.2 Å². The summed E-state index contributed by atoms with van der Waals surface area (Å²) in [5, 5.41) is 53.4. The molecule has 1 aromatic rings. The average molecular weight is 710 g/mol. The van der Waals surface area contributed by atoms with Gasteiger partial charge in [0, 0.05) is 38.4 Å². The Balaban J connectivity index is 1.03. The lowest BCUT2D eigenvalue weighted by molar-refractivity contribution is -0.139. The molecule has 3 aliphatic heterocycles. The van der Waals surface area contributed by atoms with Gasteiger partial charge in [-0.2, -0.15) is 0 Å². The number of piperidine rings is 1. The van der Waals surface area contributed by atoms with Gasteiger partial charge in [0.2, 0.25) is 5.91 Å². The number of amides is 1. The van der Waals surface area contributed by atoms with Crippen LogP contribution in [0, 0.1) is 35.0 Å². The van der Waals surface area contributed by atoms with Gasteiger partial charge in [-0.05, 0) is 93.0 Å². The van der Waals surface area contributed by atoms with Crippen molar-refractivity contribution in [3.05, 3.63) is 34.7 Å². The molecule has 0 aromatic carbocycles. The molecule has 15 unspecified atom stereocenters. The zero-order chi connectivity index (χ0) is 36.0. The van der Waals surface area contributed by atoms with Crippen LogP contribution in [0.4, 0.5) is 0 Å². The van der Waals surface area contributed by atoms with Gasteiger partial charge in [0.15, 0.2) is 6.23 Å². The Morgan fingerprint density at radius 3 is 2.71 bits per heavy atom. The van der Waals surface area contributed by atoms with Gasteiger partial charge in [-0.3, -0.25) is 9.69 Å². The van der Waals surface area contributed by atoms with Crippen LogP contribution in [0.15, 0.2) is 29.0 Å². The topological polar surface area (TPSA) is 162 Å². The third-order valence-electron chi connectivity index (χ3n) is 14.8. The van der Waals surface area contributed by atoms with Crippen molar-refractivity contribution >= 4 is 5.91 Å². The van der Waals surface area contributed by atoms with E-state index in [1.807, 2.05) is 6.20 Å². The summed E-state index contributed by atoms with van der Waals surface area (Å²) in [4.78, 5) is 14.6. The molecule has 51 heavy (non-hydrogen) atoms. The van der Waals surface area contributed by atoms with Crippen LogP contribution in [-0.4, -0.2) is 108 Å². The first-order chi connectivity index (χ1) is 24.3. The summed E-state index contributed by atoms with van der Waals surface area (Å²) in [7, 11) is 0. The van der Waals surface area contributed by atoms with Crippen LogP contribution < -0.4 is 5.32 Å². The van der Waals surface area contributed by atoms with E-state index in [0.717, 1.165) is 57.2 Å². The van der Waals surface area contributed by atoms with Crippen LogP contribution in [-0.2, 0) is 20.8 Å². The Kier molecular flexibility index (Phi) is 9.33. The van der Waals surface area contributed by atoms with Crippen molar-refractivity contribution in [2.75, 3.05) is 13.2 Å². The SMILES string of the molecule is CC(=O)NC1CC(O)C(O)C(CO)OC1n1cc(CN2CC(C)CC3OC4(CCC5C(=C4C)CC4C5CC=C5CC(O)CCC54C)C(C)C32)nn1. The number of likely N-dealkylation sites (tertiary alicyclic amines) is 1. The monoisotopic (exact) mass is 709 g/mol. The van der Waals surface area contributed by atoms with Gasteiger partial charge in [0.05, 0.1) is 48.5 Å². The zero-order valence-electron chi connectivity index (χ0n) is 30.9.